The Balaban J connectivity index is 2.33. The van der Waals surface area contributed by atoms with Gasteiger partial charge in [0.05, 0.1) is 11.1 Å². The number of aryl methyl sites for hydroxylation is 1. The molecule has 0 atom stereocenters. The molecule has 0 radical (unpaired) electrons. The lowest BCUT2D eigenvalue weighted by atomic mass is 10.2. The van der Waals surface area contributed by atoms with Gasteiger partial charge >= 0.3 is 0 Å². The van der Waals surface area contributed by atoms with Crippen LogP contribution >= 0.6 is 11.3 Å². The summed E-state index contributed by atoms with van der Waals surface area (Å²) < 4.78 is 26.6. The van der Waals surface area contributed by atoms with E-state index in [1.54, 1.807) is 6.07 Å². The quantitative estimate of drug-likeness (QED) is 0.911. The molecular formula is C14H12F2N2O2S. The molecule has 0 saturated heterocycles. The van der Waals surface area contributed by atoms with Gasteiger partial charge in [-0.05, 0) is 30.7 Å². The van der Waals surface area contributed by atoms with Crippen molar-refractivity contribution in [3.05, 3.63) is 51.9 Å². The smallest absolute Gasteiger partial charge is 0.259 e. The van der Waals surface area contributed by atoms with Gasteiger partial charge in [0.2, 0.25) is 0 Å². The van der Waals surface area contributed by atoms with Crippen LogP contribution < -0.4 is 11.1 Å². The van der Waals surface area contributed by atoms with E-state index in [-0.39, 0.29) is 10.6 Å². The maximum atomic E-state index is 13.5. The third-order valence-corrected chi connectivity index (χ3v) is 3.99. The Kier molecular flexibility index (Phi) is 4.32. The van der Waals surface area contributed by atoms with E-state index in [1.165, 1.54) is 11.3 Å². The third kappa shape index (κ3) is 3.25. The van der Waals surface area contributed by atoms with E-state index in [0.717, 1.165) is 23.1 Å². The summed E-state index contributed by atoms with van der Waals surface area (Å²) in [5, 5.41) is 2.63. The normalized spacial score (nSPS) is 10.4. The van der Waals surface area contributed by atoms with Crippen LogP contribution in [0.25, 0.3) is 0 Å². The second-order valence-electron chi connectivity index (χ2n) is 4.25. The zero-order valence-corrected chi connectivity index (χ0v) is 11.9. The number of thiophene rings is 1. The zero-order chi connectivity index (χ0) is 15.6. The van der Waals surface area contributed by atoms with Gasteiger partial charge in [-0.3, -0.25) is 9.59 Å². The number of carbonyl (C=O) groups is 2. The van der Waals surface area contributed by atoms with Gasteiger partial charge in [-0.1, -0.05) is 6.92 Å². The number of nitrogens with one attached hydrogen (secondary N) is 1. The second kappa shape index (κ2) is 6.01. The Hall–Kier alpha value is -2.28. The maximum absolute atomic E-state index is 13.5. The molecule has 0 aliphatic rings. The molecule has 2 amide bonds. The standard InChI is InChI=1S/C14H12F2N2O2S/c1-2-8-6-10(12(17)19)14(21-8)18-13(20)9-5-7(15)3-4-11(9)16/h3-6H,2H2,1H3,(H2,17,19)(H,18,20). The number of hydrogen-bond acceptors (Lipinski definition) is 3. The maximum Gasteiger partial charge on any atom is 0.259 e. The van der Waals surface area contributed by atoms with Crippen molar-refractivity contribution in [3.63, 3.8) is 0 Å². The molecule has 0 fully saturated rings. The lowest BCUT2D eigenvalue weighted by Crippen LogP contribution is -2.17. The van der Waals surface area contributed by atoms with Crippen molar-refractivity contribution in [2.24, 2.45) is 5.73 Å². The molecule has 1 aromatic heterocycles. The molecule has 0 saturated carbocycles. The van der Waals surface area contributed by atoms with Crippen molar-refractivity contribution in [1.82, 2.24) is 0 Å². The van der Waals surface area contributed by atoms with Gasteiger partial charge in [0.1, 0.15) is 16.6 Å². The average Bonchev–Trinajstić information content (AvgIpc) is 2.84. The van der Waals surface area contributed by atoms with Crippen LogP contribution in [0.15, 0.2) is 24.3 Å². The van der Waals surface area contributed by atoms with Crippen molar-refractivity contribution in [1.29, 1.82) is 0 Å². The first-order valence-electron chi connectivity index (χ1n) is 6.11. The second-order valence-corrected chi connectivity index (χ2v) is 5.39. The first-order chi connectivity index (χ1) is 9.92. The van der Waals surface area contributed by atoms with E-state index >= 15 is 0 Å². The molecule has 1 heterocycles. The van der Waals surface area contributed by atoms with Crippen molar-refractivity contribution in [3.8, 4) is 0 Å². The van der Waals surface area contributed by atoms with E-state index < -0.39 is 29.0 Å². The highest BCUT2D eigenvalue weighted by atomic mass is 32.1. The minimum absolute atomic E-state index is 0.155. The van der Waals surface area contributed by atoms with Gasteiger partial charge in [0.15, 0.2) is 0 Å². The number of benzene rings is 1. The van der Waals surface area contributed by atoms with Crippen LogP contribution in [0.3, 0.4) is 0 Å². The lowest BCUT2D eigenvalue weighted by Gasteiger charge is -2.05. The molecule has 2 aromatic rings. The Morgan fingerprint density at radius 3 is 2.57 bits per heavy atom. The number of hydrogen-bond donors (Lipinski definition) is 2. The molecule has 4 nitrogen and oxygen atoms in total. The van der Waals surface area contributed by atoms with Crippen molar-refractivity contribution in [2.75, 3.05) is 5.32 Å². The minimum Gasteiger partial charge on any atom is -0.366 e. The zero-order valence-electron chi connectivity index (χ0n) is 11.1. The molecule has 1 aromatic carbocycles. The SMILES string of the molecule is CCc1cc(C(N)=O)c(NC(=O)c2cc(F)ccc2F)s1. The van der Waals surface area contributed by atoms with Crippen molar-refractivity contribution in [2.45, 2.75) is 13.3 Å². The van der Waals surface area contributed by atoms with Gasteiger partial charge in [-0.25, -0.2) is 8.78 Å². The molecule has 0 unspecified atom stereocenters. The van der Waals surface area contributed by atoms with E-state index in [4.69, 9.17) is 5.73 Å². The summed E-state index contributed by atoms with van der Waals surface area (Å²) in [5.41, 5.74) is 4.95. The number of nitrogens with two attached hydrogens (primary N) is 1. The number of anilines is 1. The topological polar surface area (TPSA) is 72.2 Å². The summed E-state index contributed by atoms with van der Waals surface area (Å²) in [5.74, 6) is -3.10. The molecule has 3 N–H and O–H groups in total. The summed E-state index contributed by atoms with van der Waals surface area (Å²) in [6, 6.07) is 4.15. The van der Waals surface area contributed by atoms with Crippen LogP contribution in [-0.2, 0) is 6.42 Å². The summed E-state index contributed by atoms with van der Waals surface area (Å²) in [6.07, 6.45) is 0.662. The van der Waals surface area contributed by atoms with E-state index in [9.17, 15) is 18.4 Å². The van der Waals surface area contributed by atoms with Crippen LogP contribution in [-0.4, -0.2) is 11.8 Å². The molecule has 0 bridgehead atoms. The Labute approximate surface area is 123 Å². The fraction of sp³-hybridized carbons (Fsp3) is 0.143. The highest BCUT2D eigenvalue weighted by molar-refractivity contribution is 7.16. The Bertz CT molecular complexity index is 713. The Morgan fingerprint density at radius 1 is 1.24 bits per heavy atom. The monoisotopic (exact) mass is 310 g/mol. The predicted octanol–water partition coefficient (Wildman–Crippen LogP) is 2.94. The molecule has 0 spiro atoms. The summed E-state index contributed by atoms with van der Waals surface area (Å²) >= 11 is 1.17. The fourth-order valence-corrected chi connectivity index (χ4v) is 2.73. The molecule has 110 valence electrons. The molecule has 0 aliphatic heterocycles. The van der Waals surface area contributed by atoms with Crippen LogP contribution in [0, 0.1) is 11.6 Å². The highest BCUT2D eigenvalue weighted by Crippen LogP contribution is 2.29. The van der Waals surface area contributed by atoms with Crippen molar-refractivity contribution >= 4 is 28.2 Å². The first kappa shape index (κ1) is 15.1. The Morgan fingerprint density at radius 2 is 1.95 bits per heavy atom. The van der Waals surface area contributed by atoms with E-state index in [1.807, 2.05) is 6.92 Å². The fourth-order valence-electron chi connectivity index (χ4n) is 1.73. The van der Waals surface area contributed by atoms with Gasteiger partial charge in [-0.2, -0.15) is 0 Å². The van der Waals surface area contributed by atoms with Crippen molar-refractivity contribution < 1.29 is 18.4 Å². The number of amides is 2. The summed E-state index contributed by atoms with van der Waals surface area (Å²) in [6.45, 7) is 1.88. The average molecular weight is 310 g/mol. The molecule has 7 heteroatoms. The van der Waals surface area contributed by atoms with Gasteiger partial charge in [0.25, 0.3) is 11.8 Å². The molecule has 0 aliphatic carbocycles. The number of carbonyl (C=O) groups excluding carboxylic acids is 2. The number of primary amides is 1. The first-order valence-corrected chi connectivity index (χ1v) is 6.93. The largest absolute Gasteiger partial charge is 0.366 e. The molecule has 21 heavy (non-hydrogen) atoms. The van der Waals surface area contributed by atoms with Gasteiger partial charge in [0, 0.05) is 4.88 Å². The van der Waals surface area contributed by atoms with Gasteiger partial charge in [-0.15, -0.1) is 11.3 Å². The van der Waals surface area contributed by atoms with E-state index in [2.05, 4.69) is 5.32 Å². The molecular weight excluding hydrogens is 298 g/mol. The van der Waals surface area contributed by atoms with E-state index in [0.29, 0.717) is 6.42 Å². The number of rotatable bonds is 4. The minimum atomic E-state index is -0.846. The molecule has 2 rings (SSSR count). The lowest BCUT2D eigenvalue weighted by molar-refractivity contribution is 0.100. The van der Waals surface area contributed by atoms with Crippen LogP contribution in [0.1, 0.15) is 32.5 Å². The van der Waals surface area contributed by atoms with Crippen LogP contribution in [0.2, 0.25) is 0 Å². The third-order valence-electron chi connectivity index (χ3n) is 2.80. The van der Waals surface area contributed by atoms with Crippen LogP contribution in [0.5, 0.6) is 0 Å². The summed E-state index contributed by atoms with van der Waals surface area (Å²) in [7, 11) is 0. The summed E-state index contributed by atoms with van der Waals surface area (Å²) in [4.78, 5) is 24.2. The highest BCUT2D eigenvalue weighted by Gasteiger charge is 2.18. The number of halogens is 2. The van der Waals surface area contributed by atoms with Gasteiger partial charge < -0.3 is 11.1 Å². The van der Waals surface area contributed by atoms with Crippen LogP contribution in [0.4, 0.5) is 13.8 Å². The predicted molar refractivity (Wildman–Crippen MR) is 76.5 cm³/mol.